The second-order valence-electron chi connectivity index (χ2n) is 0.997. The third-order valence-corrected chi connectivity index (χ3v) is 1.02. The minimum absolute atomic E-state index is 0. The zero-order valence-electron chi connectivity index (χ0n) is 4.08. The van der Waals surface area contributed by atoms with E-state index < -0.39 is 0 Å². The summed E-state index contributed by atoms with van der Waals surface area (Å²) in [6, 6.07) is 0. The molecule has 0 fully saturated rings. The summed E-state index contributed by atoms with van der Waals surface area (Å²) in [5.41, 5.74) is 0. The van der Waals surface area contributed by atoms with Crippen LogP contribution < -0.4 is 0 Å². The van der Waals surface area contributed by atoms with E-state index >= 15 is 0 Å². The van der Waals surface area contributed by atoms with E-state index in [4.69, 9.17) is 6.42 Å². The summed E-state index contributed by atoms with van der Waals surface area (Å²) in [4.78, 5) is 0. The Labute approximate surface area is 52.5 Å². The second kappa shape index (κ2) is 9.38. The summed E-state index contributed by atoms with van der Waals surface area (Å²) < 4.78 is 0. The first-order valence-corrected chi connectivity index (χ1v) is 3.03. The second-order valence-corrected chi connectivity index (χ2v) is 1.79. The van der Waals surface area contributed by atoms with E-state index in [9.17, 15) is 0 Å². The first-order chi connectivity index (χ1) is 2.91. The van der Waals surface area contributed by atoms with E-state index in [1.54, 1.807) is 0 Å². The van der Waals surface area contributed by atoms with Crippen molar-refractivity contribution in [3.63, 3.8) is 0 Å². The van der Waals surface area contributed by atoms with Gasteiger partial charge in [0.05, 0.1) is 0 Å². The Kier molecular flexibility index (Phi) is 13.5. The lowest BCUT2D eigenvalue weighted by molar-refractivity contribution is 0.824. The lowest BCUT2D eigenvalue weighted by Gasteiger charge is -1.78. The Morgan fingerprint density at radius 3 is 2.29 bits per heavy atom. The van der Waals surface area contributed by atoms with Crippen LogP contribution in [0.15, 0.2) is 0 Å². The van der Waals surface area contributed by atoms with Crippen LogP contribution in [0.1, 0.15) is 12.8 Å². The van der Waals surface area contributed by atoms with Gasteiger partial charge < -0.3 is 5.48 Å². The normalized spacial score (nSPS) is 6.29. The molecule has 2 heteroatoms. The van der Waals surface area contributed by atoms with Crippen molar-refractivity contribution in [3.8, 4) is 12.3 Å². The monoisotopic (exact) mass is 164 g/mol. The van der Waals surface area contributed by atoms with Crippen LogP contribution in [0.3, 0.4) is 0 Å². The van der Waals surface area contributed by atoms with Crippen LogP contribution in [0.4, 0.5) is 0 Å². The molecule has 0 saturated heterocycles. The number of unbranched alkanes of at least 4 members (excludes halogenated alkanes) is 1. The smallest absolute Gasteiger partial charge is 0.00940 e. The SMILES string of the molecule is C#CCCCBr.O. The van der Waals surface area contributed by atoms with Crippen molar-refractivity contribution in [2.75, 3.05) is 5.33 Å². The Morgan fingerprint density at radius 2 is 2.14 bits per heavy atom. The summed E-state index contributed by atoms with van der Waals surface area (Å²) in [5, 5.41) is 1.02. The minimum atomic E-state index is 0. The molecule has 0 aliphatic rings. The molecule has 0 aromatic carbocycles. The van der Waals surface area contributed by atoms with Gasteiger partial charge in [-0.3, -0.25) is 0 Å². The van der Waals surface area contributed by atoms with Crippen molar-refractivity contribution >= 4 is 15.9 Å². The summed E-state index contributed by atoms with van der Waals surface area (Å²) in [6.45, 7) is 0. The topological polar surface area (TPSA) is 31.5 Å². The zero-order chi connectivity index (χ0) is 4.83. The van der Waals surface area contributed by atoms with Gasteiger partial charge in [0.1, 0.15) is 0 Å². The van der Waals surface area contributed by atoms with E-state index in [0.717, 1.165) is 18.2 Å². The zero-order valence-corrected chi connectivity index (χ0v) is 5.66. The third kappa shape index (κ3) is 10.7. The van der Waals surface area contributed by atoms with Gasteiger partial charge in [0.2, 0.25) is 0 Å². The van der Waals surface area contributed by atoms with Gasteiger partial charge in [0.15, 0.2) is 0 Å². The molecule has 0 bridgehead atoms. The number of alkyl halides is 1. The standard InChI is InChI=1S/C5H7Br.H2O/c1-2-3-4-5-6;/h1H,3-5H2;1H2. The summed E-state index contributed by atoms with van der Waals surface area (Å²) in [7, 11) is 0. The van der Waals surface area contributed by atoms with Crippen molar-refractivity contribution in [2.45, 2.75) is 12.8 Å². The number of hydrogen-bond donors (Lipinski definition) is 0. The molecule has 2 N–H and O–H groups in total. The largest absolute Gasteiger partial charge is 0.412 e. The quantitative estimate of drug-likeness (QED) is 0.331. The van der Waals surface area contributed by atoms with Gasteiger partial charge in [-0.05, 0) is 6.42 Å². The van der Waals surface area contributed by atoms with E-state index in [0.29, 0.717) is 0 Å². The highest BCUT2D eigenvalue weighted by Crippen LogP contribution is 1.89. The molecule has 0 aliphatic heterocycles. The molecule has 42 valence electrons. The Hall–Kier alpha value is -0.0000000000000000208. The van der Waals surface area contributed by atoms with Crippen molar-refractivity contribution in [2.24, 2.45) is 0 Å². The molecule has 0 rings (SSSR count). The van der Waals surface area contributed by atoms with Crippen LogP contribution in [-0.4, -0.2) is 10.8 Å². The van der Waals surface area contributed by atoms with Crippen LogP contribution in [0.25, 0.3) is 0 Å². The molecule has 0 amide bonds. The predicted molar refractivity (Wildman–Crippen MR) is 35.5 cm³/mol. The van der Waals surface area contributed by atoms with E-state index in [2.05, 4.69) is 21.9 Å². The predicted octanol–water partition coefficient (Wildman–Crippen LogP) is 0.970. The van der Waals surface area contributed by atoms with Crippen LogP contribution in [-0.2, 0) is 0 Å². The fraction of sp³-hybridized carbons (Fsp3) is 0.600. The summed E-state index contributed by atoms with van der Waals surface area (Å²) in [6.07, 6.45) is 6.93. The van der Waals surface area contributed by atoms with Gasteiger partial charge in [-0.15, -0.1) is 12.3 Å². The van der Waals surface area contributed by atoms with E-state index in [1.807, 2.05) is 0 Å². The number of rotatable bonds is 2. The Morgan fingerprint density at radius 1 is 1.57 bits per heavy atom. The van der Waals surface area contributed by atoms with Crippen LogP contribution in [0.2, 0.25) is 0 Å². The molecule has 0 radical (unpaired) electrons. The van der Waals surface area contributed by atoms with Gasteiger partial charge in [-0.1, -0.05) is 15.9 Å². The Bertz CT molecular complexity index is 55.6. The summed E-state index contributed by atoms with van der Waals surface area (Å²) >= 11 is 3.25. The molecule has 1 nitrogen and oxygen atoms in total. The molecule has 0 spiro atoms. The highest BCUT2D eigenvalue weighted by atomic mass is 79.9. The van der Waals surface area contributed by atoms with Crippen molar-refractivity contribution in [1.29, 1.82) is 0 Å². The first kappa shape index (κ1) is 10.1. The number of terminal acetylenes is 1. The highest BCUT2D eigenvalue weighted by Gasteiger charge is 1.73. The fourth-order valence-electron chi connectivity index (χ4n) is 0.169. The van der Waals surface area contributed by atoms with E-state index in [-0.39, 0.29) is 5.48 Å². The third-order valence-electron chi connectivity index (χ3n) is 0.455. The van der Waals surface area contributed by atoms with Crippen LogP contribution in [0, 0.1) is 12.3 Å². The summed E-state index contributed by atoms with van der Waals surface area (Å²) in [5.74, 6) is 2.54. The van der Waals surface area contributed by atoms with Gasteiger partial charge in [-0.2, -0.15) is 0 Å². The molecule has 0 aromatic rings. The number of halogens is 1. The fourth-order valence-corrected chi connectivity index (χ4v) is 0.449. The molecule has 0 saturated carbocycles. The maximum absolute atomic E-state index is 4.94. The maximum Gasteiger partial charge on any atom is 0.00940 e. The average Bonchev–Trinajstić information content (AvgIpc) is 1.61. The van der Waals surface area contributed by atoms with Crippen molar-refractivity contribution < 1.29 is 5.48 Å². The maximum atomic E-state index is 4.94. The molecule has 0 heterocycles. The van der Waals surface area contributed by atoms with Crippen LogP contribution in [0.5, 0.6) is 0 Å². The van der Waals surface area contributed by atoms with E-state index in [1.165, 1.54) is 0 Å². The van der Waals surface area contributed by atoms with Crippen molar-refractivity contribution in [3.05, 3.63) is 0 Å². The molecule has 7 heavy (non-hydrogen) atoms. The lowest BCUT2D eigenvalue weighted by Crippen LogP contribution is -1.67. The molecular formula is C5H9BrO. The molecule has 0 unspecified atom stereocenters. The van der Waals surface area contributed by atoms with Gasteiger partial charge >= 0.3 is 0 Å². The molecule has 0 aromatic heterocycles. The molecule has 0 aliphatic carbocycles. The van der Waals surface area contributed by atoms with Gasteiger partial charge in [-0.25, -0.2) is 0 Å². The minimum Gasteiger partial charge on any atom is -0.412 e. The van der Waals surface area contributed by atoms with Crippen LogP contribution >= 0.6 is 15.9 Å². The highest BCUT2D eigenvalue weighted by molar-refractivity contribution is 9.09. The molecular weight excluding hydrogens is 156 g/mol. The van der Waals surface area contributed by atoms with Crippen molar-refractivity contribution in [1.82, 2.24) is 0 Å². The molecule has 0 atom stereocenters. The lowest BCUT2D eigenvalue weighted by atomic mass is 10.4. The first-order valence-electron chi connectivity index (χ1n) is 1.91. The van der Waals surface area contributed by atoms with Gasteiger partial charge in [0, 0.05) is 11.8 Å². The van der Waals surface area contributed by atoms with Gasteiger partial charge in [0.25, 0.3) is 0 Å². The Balaban J connectivity index is 0. The number of hydrogen-bond acceptors (Lipinski definition) is 0. The average molecular weight is 165 g/mol.